The minimum atomic E-state index is -4.11. The highest BCUT2D eigenvalue weighted by atomic mass is 32.2. The molecule has 1 aliphatic rings. The lowest BCUT2D eigenvalue weighted by Gasteiger charge is -2.23. The van der Waals surface area contributed by atoms with Crippen LogP contribution in [0.15, 0.2) is 53.4 Å². The first-order chi connectivity index (χ1) is 12.9. The van der Waals surface area contributed by atoms with Crippen LogP contribution in [0.5, 0.6) is 0 Å². The summed E-state index contributed by atoms with van der Waals surface area (Å²) in [5.41, 5.74) is 0.472. The van der Waals surface area contributed by atoms with Gasteiger partial charge < -0.3 is 5.32 Å². The number of sulfonamides is 1. The Bertz CT molecular complexity index is 934. The van der Waals surface area contributed by atoms with Crippen LogP contribution in [-0.4, -0.2) is 37.8 Å². The first-order valence-electron chi connectivity index (χ1n) is 8.69. The number of nitrogens with one attached hydrogen (secondary N) is 1. The topological polar surface area (TPSA) is 66.5 Å². The molecule has 1 amide bonds. The van der Waals surface area contributed by atoms with E-state index in [2.05, 4.69) is 5.32 Å². The van der Waals surface area contributed by atoms with Gasteiger partial charge in [0.05, 0.1) is 0 Å². The molecule has 1 unspecified atom stereocenters. The second-order valence-corrected chi connectivity index (χ2v) is 8.20. The van der Waals surface area contributed by atoms with Crippen LogP contribution in [0.1, 0.15) is 18.4 Å². The molecule has 1 atom stereocenters. The number of nitrogens with zero attached hydrogens (tertiary/aromatic N) is 1. The quantitative estimate of drug-likeness (QED) is 0.819. The lowest BCUT2D eigenvalue weighted by Crippen LogP contribution is -2.46. The van der Waals surface area contributed by atoms with Crippen LogP contribution in [0.3, 0.4) is 0 Å². The summed E-state index contributed by atoms with van der Waals surface area (Å²) in [6, 6.07) is 10.5. The van der Waals surface area contributed by atoms with E-state index in [1.54, 1.807) is 18.2 Å². The lowest BCUT2D eigenvalue weighted by atomic mass is 10.1. The van der Waals surface area contributed by atoms with E-state index in [1.807, 2.05) is 0 Å². The zero-order valence-corrected chi connectivity index (χ0v) is 15.4. The number of carbonyl (C=O) groups is 1. The fraction of sp³-hybridized carbons (Fsp3) is 0.316. The molecule has 1 saturated heterocycles. The third kappa shape index (κ3) is 4.17. The normalized spacial score (nSPS) is 17.8. The van der Waals surface area contributed by atoms with Crippen molar-refractivity contribution >= 4 is 15.9 Å². The monoisotopic (exact) mass is 394 g/mol. The molecule has 0 aromatic heterocycles. The van der Waals surface area contributed by atoms with E-state index >= 15 is 0 Å². The number of amides is 1. The fourth-order valence-electron chi connectivity index (χ4n) is 3.21. The average molecular weight is 394 g/mol. The maximum Gasteiger partial charge on any atom is 0.246 e. The molecule has 144 valence electrons. The molecule has 8 heteroatoms. The summed E-state index contributed by atoms with van der Waals surface area (Å²) in [6.45, 7) is 0.339. The van der Waals surface area contributed by atoms with Crippen LogP contribution in [0.4, 0.5) is 8.78 Å². The molecule has 1 heterocycles. The number of hydrogen-bond donors (Lipinski definition) is 1. The Hall–Kier alpha value is -2.32. The molecule has 27 heavy (non-hydrogen) atoms. The molecule has 1 fully saturated rings. The standard InChI is InChI=1S/C19H20F2N2O3S/c20-15-7-2-1-6-14(15)11-12-22-19(24)17-9-5-13-23(17)27(25,26)18-10-4-3-8-16(18)21/h1-4,6-8,10,17H,5,9,11-13H2,(H,22,24). The number of carbonyl (C=O) groups excluding carboxylic acids is 1. The maximum atomic E-state index is 14.0. The Balaban J connectivity index is 1.68. The minimum Gasteiger partial charge on any atom is -0.354 e. The Morgan fingerprint density at radius 1 is 1.07 bits per heavy atom. The number of benzene rings is 2. The van der Waals surface area contributed by atoms with Crippen molar-refractivity contribution in [3.05, 3.63) is 65.7 Å². The molecule has 3 rings (SSSR count). The second kappa shape index (κ2) is 8.14. The molecule has 5 nitrogen and oxygen atoms in total. The van der Waals surface area contributed by atoms with Gasteiger partial charge in [0.25, 0.3) is 0 Å². The Morgan fingerprint density at radius 3 is 2.44 bits per heavy atom. The van der Waals surface area contributed by atoms with Crippen molar-refractivity contribution in [1.29, 1.82) is 0 Å². The first-order valence-corrected chi connectivity index (χ1v) is 10.1. The zero-order chi connectivity index (χ0) is 19.4. The van der Waals surface area contributed by atoms with Crippen LogP contribution in [0.25, 0.3) is 0 Å². The van der Waals surface area contributed by atoms with Gasteiger partial charge in [0.2, 0.25) is 15.9 Å². The Morgan fingerprint density at radius 2 is 1.74 bits per heavy atom. The Labute approximate surface area is 157 Å². The summed E-state index contributed by atoms with van der Waals surface area (Å²) in [5, 5.41) is 2.66. The molecular formula is C19H20F2N2O3S. The molecule has 0 aliphatic carbocycles. The third-order valence-electron chi connectivity index (χ3n) is 4.58. The zero-order valence-electron chi connectivity index (χ0n) is 14.6. The summed E-state index contributed by atoms with van der Waals surface area (Å²) in [5.74, 6) is -1.65. The van der Waals surface area contributed by atoms with Crippen molar-refractivity contribution in [2.45, 2.75) is 30.2 Å². The van der Waals surface area contributed by atoms with Gasteiger partial charge in [0.15, 0.2) is 0 Å². The largest absolute Gasteiger partial charge is 0.354 e. The van der Waals surface area contributed by atoms with Crippen LogP contribution >= 0.6 is 0 Å². The molecule has 0 bridgehead atoms. The smallest absolute Gasteiger partial charge is 0.246 e. The molecule has 2 aromatic carbocycles. The molecular weight excluding hydrogens is 374 g/mol. The van der Waals surface area contributed by atoms with Gasteiger partial charge >= 0.3 is 0 Å². The van der Waals surface area contributed by atoms with Crippen LogP contribution in [-0.2, 0) is 21.2 Å². The van der Waals surface area contributed by atoms with E-state index in [9.17, 15) is 22.0 Å². The van der Waals surface area contributed by atoms with Gasteiger partial charge in [-0.2, -0.15) is 4.31 Å². The van der Waals surface area contributed by atoms with Gasteiger partial charge in [0, 0.05) is 13.1 Å². The van der Waals surface area contributed by atoms with Crippen molar-refractivity contribution in [3.63, 3.8) is 0 Å². The highest BCUT2D eigenvalue weighted by Crippen LogP contribution is 2.27. The highest BCUT2D eigenvalue weighted by Gasteiger charge is 2.40. The van der Waals surface area contributed by atoms with E-state index in [0.717, 1.165) is 10.4 Å². The summed E-state index contributed by atoms with van der Waals surface area (Å²) >= 11 is 0. The van der Waals surface area contributed by atoms with Crippen LogP contribution < -0.4 is 5.32 Å². The molecule has 1 aliphatic heterocycles. The van der Waals surface area contributed by atoms with Crippen molar-refractivity contribution < 1.29 is 22.0 Å². The Kier molecular flexibility index (Phi) is 5.86. The number of hydrogen-bond acceptors (Lipinski definition) is 3. The summed E-state index contributed by atoms with van der Waals surface area (Å²) in [6.07, 6.45) is 1.17. The summed E-state index contributed by atoms with van der Waals surface area (Å²) in [7, 11) is -4.11. The predicted molar refractivity (Wildman–Crippen MR) is 96.4 cm³/mol. The minimum absolute atomic E-state index is 0.155. The predicted octanol–water partition coefficient (Wildman–Crippen LogP) is 2.48. The van der Waals surface area contributed by atoms with Gasteiger partial charge in [-0.25, -0.2) is 17.2 Å². The van der Waals surface area contributed by atoms with Crippen molar-refractivity contribution in [3.8, 4) is 0 Å². The molecule has 1 N–H and O–H groups in total. The van der Waals surface area contributed by atoms with Gasteiger partial charge in [-0.1, -0.05) is 30.3 Å². The van der Waals surface area contributed by atoms with Crippen LogP contribution in [0.2, 0.25) is 0 Å². The van der Waals surface area contributed by atoms with Crippen molar-refractivity contribution in [2.24, 2.45) is 0 Å². The van der Waals surface area contributed by atoms with E-state index in [-0.39, 0.29) is 18.9 Å². The second-order valence-electron chi connectivity index (χ2n) is 6.34. The van der Waals surface area contributed by atoms with Crippen molar-refractivity contribution in [1.82, 2.24) is 9.62 Å². The molecule has 0 radical (unpaired) electrons. The number of halogens is 2. The average Bonchev–Trinajstić information content (AvgIpc) is 3.14. The van der Waals surface area contributed by atoms with Gasteiger partial charge in [-0.3, -0.25) is 4.79 Å². The highest BCUT2D eigenvalue weighted by molar-refractivity contribution is 7.89. The molecule has 0 spiro atoms. The van der Waals surface area contributed by atoms with Gasteiger partial charge in [-0.05, 0) is 43.0 Å². The maximum absolute atomic E-state index is 14.0. The van der Waals surface area contributed by atoms with Crippen LogP contribution in [0, 0.1) is 11.6 Å². The fourth-order valence-corrected chi connectivity index (χ4v) is 4.93. The SMILES string of the molecule is O=C(NCCc1ccccc1F)C1CCCN1S(=O)(=O)c1ccccc1F. The first kappa shape index (κ1) is 19.4. The summed E-state index contributed by atoms with van der Waals surface area (Å²) < 4.78 is 54.2. The molecule has 0 saturated carbocycles. The van der Waals surface area contributed by atoms with E-state index in [0.29, 0.717) is 24.8 Å². The summed E-state index contributed by atoms with van der Waals surface area (Å²) in [4.78, 5) is 12.1. The lowest BCUT2D eigenvalue weighted by molar-refractivity contribution is -0.124. The number of rotatable bonds is 6. The van der Waals surface area contributed by atoms with E-state index in [4.69, 9.17) is 0 Å². The van der Waals surface area contributed by atoms with Crippen molar-refractivity contribution in [2.75, 3.05) is 13.1 Å². The van der Waals surface area contributed by atoms with Gasteiger partial charge in [0.1, 0.15) is 22.6 Å². The third-order valence-corrected chi connectivity index (χ3v) is 6.52. The van der Waals surface area contributed by atoms with Gasteiger partial charge in [-0.15, -0.1) is 0 Å². The molecule has 2 aromatic rings. The van der Waals surface area contributed by atoms with E-state index in [1.165, 1.54) is 24.3 Å². The van der Waals surface area contributed by atoms with E-state index < -0.39 is 32.7 Å².